The third-order valence-corrected chi connectivity index (χ3v) is 3.36. The van der Waals surface area contributed by atoms with Crippen molar-refractivity contribution in [3.05, 3.63) is 63.1 Å². The Morgan fingerprint density at radius 3 is 2.91 bits per heavy atom. The quantitative estimate of drug-likeness (QED) is 0.611. The maximum Gasteiger partial charge on any atom is 0.332 e. The molecule has 0 saturated carbocycles. The second-order valence-electron chi connectivity index (χ2n) is 4.33. The molecule has 0 spiro atoms. The first-order valence-electron chi connectivity index (χ1n) is 6.30. The Labute approximate surface area is 141 Å². The van der Waals surface area contributed by atoms with Gasteiger partial charge >= 0.3 is 6.03 Å². The SMILES string of the molecule is NC(=O)NN=Cc1cc(Br)ccc1OCc1cccc(Cl)c1. The number of hydrogen-bond donors (Lipinski definition) is 2. The molecule has 3 N–H and O–H groups in total. The van der Waals surface area contributed by atoms with Crippen molar-refractivity contribution in [3.8, 4) is 5.75 Å². The van der Waals surface area contributed by atoms with E-state index >= 15 is 0 Å². The highest BCUT2D eigenvalue weighted by Gasteiger charge is 2.04. The van der Waals surface area contributed by atoms with Gasteiger partial charge in [-0.2, -0.15) is 5.10 Å². The van der Waals surface area contributed by atoms with E-state index in [4.69, 9.17) is 22.1 Å². The Bertz CT molecular complexity index is 707. The van der Waals surface area contributed by atoms with Gasteiger partial charge in [0.05, 0.1) is 6.21 Å². The summed E-state index contributed by atoms with van der Waals surface area (Å²) in [6.45, 7) is 0.367. The summed E-state index contributed by atoms with van der Waals surface area (Å²) in [5.41, 5.74) is 8.75. The number of ether oxygens (including phenoxy) is 1. The molecular weight excluding hydrogens is 370 g/mol. The Morgan fingerprint density at radius 1 is 1.36 bits per heavy atom. The second-order valence-corrected chi connectivity index (χ2v) is 5.69. The zero-order valence-electron chi connectivity index (χ0n) is 11.4. The van der Waals surface area contributed by atoms with Gasteiger partial charge in [0.1, 0.15) is 12.4 Å². The summed E-state index contributed by atoms with van der Waals surface area (Å²) in [6, 6.07) is 12.2. The number of nitrogens with two attached hydrogens (primary N) is 1. The molecule has 2 aromatic rings. The summed E-state index contributed by atoms with van der Waals surface area (Å²) in [4.78, 5) is 10.6. The first kappa shape index (κ1) is 16.3. The monoisotopic (exact) mass is 381 g/mol. The number of hydrazone groups is 1. The molecule has 0 heterocycles. The molecule has 0 aliphatic heterocycles. The molecule has 0 unspecified atom stereocenters. The average molecular weight is 383 g/mol. The van der Waals surface area contributed by atoms with Gasteiger partial charge in [-0.3, -0.25) is 0 Å². The molecule has 0 atom stereocenters. The Balaban J connectivity index is 2.12. The molecule has 2 aromatic carbocycles. The van der Waals surface area contributed by atoms with Crippen molar-refractivity contribution in [3.63, 3.8) is 0 Å². The molecule has 0 aliphatic rings. The minimum atomic E-state index is -0.729. The predicted octanol–water partition coefficient (Wildman–Crippen LogP) is 3.68. The number of nitrogens with one attached hydrogen (secondary N) is 1. The molecule has 2 amide bonds. The summed E-state index contributed by atoms with van der Waals surface area (Å²) >= 11 is 9.32. The van der Waals surface area contributed by atoms with Crippen molar-refractivity contribution >= 4 is 39.8 Å². The molecule has 2 rings (SSSR count). The van der Waals surface area contributed by atoms with Crippen molar-refractivity contribution in [2.75, 3.05) is 0 Å². The lowest BCUT2D eigenvalue weighted by Gasteiger charge is -2.10. The van der Waals surface area contributed by atoms with Crippen LogP contribution in [0.25, 0.3) is 0 Å². The number of urea groups is 1. The van der Waals surface area contributed by atoms with Gasteiger partial charge < -0.3 is 10.5 Å². The second kappa shape index (κ2) is 7.82. The van der Waals surface area contributed by atoms with E-state index in [1.54, 1.807) is 12.1 Å². The van der Waals surface area contributed by atoms with Crippen LogP contribution in [0.1, 0.15) is 11.1 Å². The van der Waals surface area contributed by atoms with Crippen molar-refractivity contribution < 1.29 is 9.53 Å². The fourth-order valence-electron chi connectivity index (χ4n) is 1.70. The highest BCUT2D eigenvalue weighted by atomic mass is 79.9. The highest BCUT2D eigenvalue weighted by Crippen LogP contribution is 2.23. The van der Waals surface area contributed by atoms with E-state index < -0.39 is 6.03 Å². The predicted molar refractivity (Wildman–Crippen MR) is 90.2 cm³/mol. The van der Waals surface area contributed by atoms with E-state index in [2.05, 4.69) is 26.5 Å². The van der Waals surface area contributed by atoms with E-state index in [-0.39, 0.29) is 0 Å². The van der Waals surface area contributed by atoms with Crippen LogP contribution >= 0.6 is 27.5 Å². The van der Waals surface area contributed by atoms with Crippen molar-refractivity contribution in [1.82, 2.24) is 5.43 Å². The smallest absolute Gasteiger partial charge is 0.332 e. The molecule has 0 radical (unpaired) electrons. The first-order valence-corrected chi connectivity index (χ1v) is 7.47. The number of primary amides is 1. The summed E-state index contributed by atoms with van der Waals surface area (Å²) in [6.07, 6.45) is 1.46. The zero-order valence-corrected chi connectivity index (χ0v) is 13.8. The van der Waals surface area contributed by atoms with Crippen LogP contribution in [-0.4, -0.2) is 12.2 Å². The number of hydrogen-bond acceptors (Lipinski definition) is 3. The maximum atomic E-state index is 10.6. The number of halogens is 2. The fraction of sp³-hybridized carbons (Fsp3) is 0.0667. The lowest BCUT2D eigenvalue weighted by Crippen LogP contribution is -2.24. The molecule has 22 heavy (non-hydrogen) atoms. The van der Waals surface area contributed by atoms with Crippen LogP contribution in [0.15, 0.2) is 52.0 Å². The molecule has 0 saturated heterocycles. The van der Waals surface area contributed by atoms with Crippen LogP contribution in [0.3, 0.4) is 0 Å². The lowest BCUT2D eigenvalue weighted by molar-refractivity contribution is 0.249. The third kappa shape index (κ3) is 5.05. The van der Waals surface area contributed by atoms with Crippen molar-refractivity contribution in [1.29, 1.82) is 0 Å². The van der Waals surface area contributed by atoms with Crippen LogP contribution in [0, 0.1) is 0 Å². The molecular formula is C15H13BrClN3O2. The van der Waals surface area contributed by atoms with Gasteiger partial charge in [0.25, 0.3) is 0 Å². The minimum absolute atomic E-state index is 0.367. The van der Waals surface area contributed by atoms with Crippen LogP contribution in [0.4, 0.5) is 4.79 Å². The summed E-state index contributed by atoms with van der Waals surface area (Å²) in [5, 5.41) is 4.40. The number of nitrogens with zero attached hydrogens (tertiary/aromatic N) is 1. The summed E-state index contributed by atoms with van der Waals surface area (Å²) < 4.78 is 6.64. The van der Waals surface area contributed by atoms with Gasteiger partial charge in [-0.15, -0.1) is 0 Å². The molecule has 5 nitrogen and oxygen atoms in total. The number of amides is 2. The first-order chi connectivity index (χ1) is 10.5. The van der Waals surface area contributed by atoms with Gasteiger partial charge in [0, 0.05) is 15.1 Å². The standard InChI is InChI=1S/C15H13BrClN3O2/c16-12-4-5-14(11(7-12)8-19-20-15(18)21)22-9-10-2-1-3-13(17)6-10/h1-8H,9H2,(H3,18,20,21). The molecule has 114 valence electrons. The van der Waals surface area contributed by atoms with Crippen molar-refractivity contribution in [2.45, 2.75) is 6.61 Å². The highest BCUT2D eigenvalue weighted by molar-refractivity contribution is 9.10. The lowest BCUT2D eigenvalue weighted by atomic mass is 10.2. The van der Waals surface area contributed by atoms with Crippen LogP contribution < -0.4 is 15.9 Å². The van der Waals surface area contributed by atoms with E-state index in [0.717, 1.165) is 10.0 Å². The van der Waals surface area contributed by atoms with Gasteiger partial charge in [-0.1, -0.05) is 39.7 Å². The minimum Gasteiger partial charge on any atom is -0.488 e. The van der Waals surface area contributed by atoms with E-state index in [1.165, 1.54) is 6.21 Å². The maximum absolute atomic E-state index is 10.6. The Hall–Kier alpha value is -2.05. The molecule has 0 fully saturated rings. The number of benzene rings is 2. The summed E-state index contributed by atoms with van der Waals surface area (Å²) in [7, 11) is 0. The van der Waals surface area contributed by atoms with Crippen LogP contribution in [0.5, 0.6) is 5.75 Å². The van der Waals surface area contributed by atoms with Crippen LogP contribution in [0.2, 0.25) is 5.02 Å². The number of carbonyl (C=O) groups is 1. The van der Waals surface area contributed by atoms with Crippen molar-refractivity contribution in [2.24, 2.45) is 10.8 Å². The molecule has 0 aromatic heterocycles. The third-order valence-electron chi connectivity index (χ3n) is 2.63. The normalized spacial score (nSPS) is 10.6. The van der Waals surface area contributed by atoms with Gasteiger partial charge in [0.2, 0.25) is 0 Å². The van der Waals surface area contributed by atoms with Gasteiger partial charge in [0.15, 0.2) is 0 Å². The van der Waals surface area contributed by atoms with E-state index in [1.807, 2.05) is 30.3 Å². The van der Waals surface area contributed by atoms with Crippen LogP contribution in [-0.2, 0) is 6.61 Å². The largest absolute Gasteiger partial charge is 0.488 e. The van der Waals surface area contributed by atoms with Gasteiger partial charge in [-0.25, -0.2) is 10.2 Å². The molecule has 0 aliphatic carbocycles. The molecule has 0 bridgehead atoms. The topological polar surface area (TPSA) is 76.7 Å². The Morgan fingerprint density at radius 2 is 2.18 bits per heavy atom. The number of carbonyl (C=O) groups excluding carboxylic acids is 1. The Kier molecular flexibility index (Phi) is 5.80. The zero-order chi connectivity index (χ0) is 15.9. The van der Waals surface area contributed by atoms with Gasteiger partial charge in [-0.05, 0) is 35.9 Å². The number of rotatable bonds is 5. The van der Waals surface area contributed by atoms with E-state index in [0.29, 0.717) is 22.9 Å². The molecule has 7 heteroatoms. The van der Waals surface area contributed by atoms with E-state index in [9.17, 15) is 4.79 Å². The average Bonchev–Trinajstić information content (AvgIpc) is 2.46. The fourth-order valence-corrected chi connectivity index (χ4v) is 2.30. The summed E-state index contributed by atoms with van der Waals surface area (Å²) in [5.74, 6) is 0.623.